The van der Waals surface area contributed by atoms with Gasteiger partial charge in [0.15, 0.2) is 11.3 Å². The fourth-order valence-electron chi connectivity index (χ4n) is 3.83. The Kier molecular flexibility index (Phi) is 8.39. The Hall–Kier alpha value is -3.41. The summed E-state index contributed by atoms with van der Waals surface area (Å²) in [5.41, 5.74) is -0.777. The van der Waals surface area contributed by atoms with Crippen LogP contribution in [0.5, 0.6) is 0 Å². The standard InChI is InChI=1S/C27H30N2O8S/c1-27(2,3)37-26(33)29(4)25-28-19-21(36-23(32)17-13-9-6-10-14-17)20(30)18(35-24(19)38-25)15-34-22(31)16-11-7-5-8-12-16/h5-14,18-21,24,30H,15H2,1-4H3/t18-,19-,20+,21+,24-/m1/s1. The van der Waals surface area contributed by atoms with Crippen molar-refractivity contribution in [3.05, 3.63) is 71.8 Å². The van der Waals surface area contributed by atoms with E-state index in [2.05, 4.69) is 4.99 Å². The molecule has 0 spiro atoms. The van der Waals surface area contributed by atoms with Crippen LogP contribution in [0.3, 0.4) is 0 Å². The maximum Gasteiger partial charge on any atom is 0.416 e. The number of amidine groups is 1. The molecule has 4 rings (SSSR count). The Morgan fingerprint density at radius 1 is 1.00 bits per heavy atom. The number of amides is 1. The van der Waals surface area contributed by atoms with Gasteiger partial charge in [-0.25, -0.2) is 14.4 Å². The first-order chi connectivity index (χ1) is 18.0. The predicted molar refractivity (Wildman–Crippen MR) is 140 cm³/mol. The molecule has 0 unspecified atom stereocenters. The molecule has 0 bridgehead atoms. The second kappa shape index (κ2) is 11.5. The van der Waals surface area contributed by atoms with Gasteiger partial charge in [-0.05, 0) is 45.0 Å². The smallest absolute Gasteiger partial charge is 0.416 e. The normalized spacial score (nSPS) is 24.6. The molecule has 202 valence electrons. The summed E-state index contributed by atoms with van der Waals surface area (Å²) in [6, 6.07) is 16.0. The van der Waals surface area contributed by atoms with Gasteiger partial charge >= 0.3 is 18.0 Å². The number of benzene rings is 2. The van der Waals surface area contributed by atoms with Crippen LogP contribution in [0, 0.1) is 0 Å². The average molecular weight is 543 g/mol. The molecule has 1 fully saturated rings. The maximum absolute atomic E-state index is 12.9. The summed E-state index contributed by atoms with van der Waals surface area (Å²) in [7, 11) is 1.51. The number of carbonyl (C=O) groups excluding carboxylic acids is 3. The number of hydrogen-bond donors (Lipinski definition) is 1. The average Bonchev–Trinajstić information content (AvgIpc) is 3.32. The second-order valence-electron chi connectivity index (χ2n) is 9.79. The first kappa shape index (κ1) is 27.6. The van der Waals surface area contributed by atoms with Crippen molar-refractivity contribution in [3.8, 4) is 0 Å². The summed E-state index contributed by atoms with van der Waals surface area (Å²) in [4.78, 5) is 43.8. The predicted octanol–water partition coefficient (Wildman–Crippen LogP) is 3.49. The zero-order valence-electron chi connectivity index (χ0n) is 21.5. The van der Waals surface area contributed by atoms with Crippen LogP contribution in [0.15, 0.2) is 65.7 Å². The molecule has 1 N–H and O–H groups in total. The molecule has 38 heavy (non-hydrogen) atoms. The minimum Gasteiger partial charge on any atom is -0.459 e. The van der Waals surface area contributed by atoms with Gasteiger partial charge in [-0.15, -0.1) is 0 Å². The number of ether oxygens (including phenoxy) is 4. The number of aliphatic hydroxyl groups excluding tert-OH is 1. The molecule has 1 saturated heterocycles. The minimum atomic E-state index is -1.36. The van der Waals surface area contributed by atoms with E-state index in [4.69, 9.17) is 18.9 Å². The Balaban J connectivity index is 1.53. The van der Waals surface area contributed by atoms with Crippen molar-refractivity contribution in [1.82, 2.24) is 4.90 Å². The lowest BCUT2D eigenvalue weighted by molar-refractivity contribution is -0.166. The van der Waals surface area contributed by atoms with Gasteiger partial charge in [-0.2, -0.15) is 0 Å². The molecule has 0 radical (unpaired) electrons. The number of fused-ring (bicyclic) bond motifs is 1. The van der Waals surface area contributed by atoms with Crippen LogP contribution in [0.1, 0.15) is 41.5 Å². The van der Waals surface area contributed by atoms with E-state index in [0.29, 0.717) is 11.1 Å². The van der Waals surface area contributed by atoms with Gasteiger partial charge in [-0.1, -0.05) is 48.2 Å². The summed E-state index contributed by atoms with van der Waals surface area (Å²) >= 11 is 1.13. The van der Waals surface area contributed by atoms with Crippen molar-refractivity contribution in [2.45, 2.75) is 56.2 Å². The topological polar surface area (TPSA) is 124 Å². The van der Waals surface area contributed by atoms with Crippen molar-refractivity contribution in [2.24, 2.45) is 4.99 Å². The summed E-state index contributed by atoms with van der Waals surface area (Å²) in [5.74, 6) is -1.23. The lowest BCUT2D eigenvalue weighted by Gasteiger charge is -2.39. The molecular weight excluding hydrogens is 512 g/mol. The number of thioether (sulfide) groups is 1. The fraction of sp³-hybridized carbons (Fsp3) is 0.407. The molecule has 0 saturated carbocycles. The van der Waals surface area contributed by atoms with Crippen molar-refractivity contribution < 1.29 is 38.4 Å². The fourth-order valence-corrected chi connectivity index (χ4v) is 5.00. The molecule has 0 aromatic heterocycles. The molecule has 2 aliphatic heterocycles. The molecule has 1 amide bonds. The summed E-state index contributed by atoms with van der Waals surface area (Å²) in [5, 5.41) is 11.4. The van der Waals surface area contributed by atoms with Crippen molar-refractivity contribution >= 4 is 35.0 Å². The largest absolute Gasteiger partial charge is 0.459 e. The lowest BCUT2D eigenvalue weighted by atomic mass is 9.98. The third-order valence-electron chi connectivity index (χ3n) is 5.72. The van der Waals surface area contributed by atoms with Crippen LogP contribution in [0.2, 0.25) is 0 Å². The van der Waals surface area contributed by atoms with Crippen molar-refractivity contribution in [2.75, 3.05) is 13.7 Å². The van der Waals surface area contributed by atoms with E-state index >= 15 is 0 Å². The molecular formula is C27H30N2O8S. The number of rotatable bonds is 5. The van der Waals surface area contributed by atoms with Crippen LogP contribution in [-0.4, -0.2) is 82.3 Å². The molecule has 2 aromatic rings. The van der Waals surface area contributed by atoms with Crippen molar-refractivity contribution in [1.29, 1.82) is 0 Å². The zero-order valence-corrected chi connectivity index (χ0v) is 22.3. The van der Waals surface area contributed by atoms with Gasteiger partial charge in [0.25, 0.3) is 0 Å². The minimum absolute atomic E-state index is 0.282. The molecule has 11 heteroatoms. The van der Waals surface area contributed by atoms with Crippen LogP contribution < -0.4 is 0 Å². The van der Waals surface area contributed by atoms with Crippen molar-refractivity contribution in [3.63, 3.8) is 0 Å². The van der Waals surface area contributed by atoms with Crippen LogP contribution in [0.4, 0.5) is 4.79 Å². The van der Waals surface area contributed by atoms with Crippen LogP contribution >= 0.6 is 11.8 Å². The van der Waals surface area contributed by atoms with E-state index < -0.39 is 53.4 Å². The van der Waals surface area contributed by atoms with Gasteiger partial charge < -0.3 is 24.1 Å². The van der Waals surface area contributed by atoms with Gasteiger partial charge in [-0.3, -0.25) is 9.89 Å². The number of nitrogens with zero attached hydrogens (tertiary/aromatic N) is 2. The molecule has 10 nitrogen and oxygen atoms in total. The zero-order chi connectivity index (χ0) is 27.4. The molecule has 5 atom stereocenters. The second-order valence-corrected chi connectivity index (χ2v) is 10.9. The first-order valence-electron chi connectivity index (χ1n) is 12.1. The maximum atomic E-state index is 12.9. The lowest BCUT2D eigenvalue weighted by Crippen LogP contribution is -2.57. The number of hydrogen-bond acceptors (Lipinski definition) is 10. The van der Waals surface area contributed by atoms with E-state index in [1.165, 1.54) is 11.9 Å². The number of carbonyl (C=O) groups is 3. The number of aliphatic imine (C=N–C) groups is 1. The van der Waals surface area contributed by atoms with Gasteiger partial charge in [0, 0.05) is 7.05 Å². The highest BCUT2D eigenvalue weighted by atomic mass is 32.2. The Morgan fingerprint density at radius 3 is 2.16 bits per heavy atom. The third-order valence-corrected chi connectivity index (χ3v) is 6.93. The van der Waals surface area contributed by atoms with Crippen LogP contribution in [-0.2, 0) is 18.9 Å². The van der Waals surface area contributed by atoms with Gasteiger partial charge in [0.2, 0.25) is 0 Å². The Morgan fingerprint density at radius 2 is 1.58 bits per heavy atom. The molecule has 0 aliphatic carbocycles. The van der Waals surface area contributed by atoms with E-state index in [1.54, 1.807) is 81.4 Å². The SMILES string of the molecule is CN(C(=O)OC(C)(C)C)C1=N[C@@H]2[C@H](OC(=O)c3ccccc3)[C@@H](O)[C@@H](COC(=O)c3ccccc3)O[C@@H]2S1. The van der Waals surface area contributed by atoms with E-state index in [-0.39, 0.29) is 11.8 Å². The van der Waals surface area contributed by atoms with Crippen LogP contribution in [0.25, 0.3) is 0 Å². The Bertz CT molecular complexity index is 1180. The third kappa shape index (κ3) is 6.53. The van der Waals surface area contributed by atoms with E-state index in [0.717, 1.165) is 11.8 Å². The quantitative estimate of drug-likeness (QED) is 0.447. The first-order valence-corrected chi connectivity index (χ1v) is 12.9. The highest BCUT2D eigenvalue weighted by Gasteiger charge is 2.52. The highest BCUT2D eigenvalue weighted by molar-refractivity contribution is 8.14. The van der Waals surface area contributed by atoms with E-state index in [1.807, 2.05) is 0 Å². The summed E-state index contributed by atoms with van der Waals surface area (Å²) in [6.45, 7) is 4.97. The monoisotopic (exact) mass is 542 g/mol. The van der Waals surface area contributed by atoms with Gasteiger partial charge in [0.1, 0.15) is 35.9 Å². The summed E-state index contributed by atoms with van der Waals surface area (Å²) < 4.78 is 22.6. The van der Waals surface area contributed by atoms with Gasteiger partial charge in [0.05, 0.1) is 11.1 Å². The molecule has 2 aliphatic rings. The molecule has 2 heterocycles. The Labute approximate surface area is 224 Å². The van der Waals surface area contributed by atoms with E-state index in [9.17, 15) is 19.5 Å². The molecule has 2 aromatic carbocycles. The highest BCUT2D eigenvalue weighted by Crippen LogP contribution is 2.39. The summed E-state index contributed by atoms with van der Waals surface area (Å²) in [6.07, 6.45) is -4.11. The number of esters is 2. The number of aliphatic hydroxyl groups is 1.